The quantitative estimate of drug-likeness (QED) is 0.129. The third kappa shape index (κ3) is 9.33. The molecule has 0 unspecified atom stereocenters. The number of para-hydroxylation sites is 2. The fraction of sp³-hybridized carbons (Fsp3) is 0.0568. The zero-order chi connectivity index (χ0) is 61.6. The van der Waals surface area contributed by atoms with E-state index in [1.165, 1.54) is 38.9 Å². The summed E-state index contributed by atoms with van der Waals surface area (Å²) in [6.07, 6.45) is 2.03. The van der Waals surface area contributed by atoms with Crippen LogP contribution in [0.2, 0.25) is 0 Å². The van der Waals surface area contributed by atoms with Crippen LogP contribution in [0.4, 0.5) is 17.1 Å². The molecule has 4 heteroatoms. The van der Waals surface area contributed by atoms with Crippen molar-refractivity contribution in [2.45, 2.75) is 33.1 Å². The molecule has 3 heterocycles. The van der Waals surface area contributed by atoms with E-state index in [4.69, 9.17) is 13.8 Å². The van der Waals surface area contributed by atoms with Crippen molar-refractivity contribution in [2.24, 2.45) is 0 Å². The van der Waals surface area contributed by atoms with E-state index in [0.29, 0.717) is 0 Å². The first-order valence-corrected chi connectivity index (χ1v) is 31.7. The Hall–Kier alpha value is -11.6. The maximum atomic E-state index is 7.64. The molecule has 0 spiro atoms. The largest absolute Gasteiger partial charge is 0.456 e. The fourth-order valence-electron chi connectivity index (χ4n) is 14.2. The molecule has 17 aromatic rings. The number of aryl methyl sites for hydroxylation is 1. The van der Waals surface area contributed by atoms with Crippen LogP contribution in [0.1, 0.15) is 32.0 Å². The Balaban J connectivity index is 0.959. The van der Waals surface area contributed by atoms with Gasteiger partial charge in [-0.15, -0.1) is 0 Å². The lowest BCUT2D eigenvalue weighted by atomic mass is 9.87. The van der Waals surface area contributed by atoms with Gasteiger partial charge in [-0.25, -0.2) is 0 Å². The Kier molecular flexibility index (Phi) is 13.0. The molecule has 0 bridgehead atoms. The smallest absolute Gasteiger partial charge is 0.143 e. The van der Waals surface area contributed by atoms with Crippen molar-refractivity contribution in [1.82, 2.24) is 4.98 Å². The number of aromatic nitrogens is 1. The first-order chi connectivity index (χ1) is 45.1. The van der Waals surface area contributed by atoms with Gasteiger partial charge in [-0.05, 0) is 156 Å². The van der Waals surface area contributed by atoms with Crippen LogP contribution in [0, 0.1) is 6.92 Å². The van der Waals surface area contributed by atoms with Crippen molar-refractivity contribution in [3.8, 4) is 89.0 Å². The second kappa shape index (κ2) is 21.9. The monoisotopic (exact) mass is 1180 g/mol. The van der Waals surface area contributed by atoms with Gasteiger partial charge in [-0.2, -0.15) is 0 Å². The summed E-state index contributed by atoms with van der Waals surface area (Å²) < 4.78 is 15.0. The van der Waals surface area contributed by atoms with Gasteiger partial charge in [0.25, 0.3) is 0 Å². The van der Waals surface area contributed by atoms with Gasteiger partial charge in [0, 0.05) is 72.7 Å². The van der Waals surface area contributed by atoms with E-state index in [2.05, 4.69) is 330 Å². The van der Waals surface area contributed by atoms with Crippen molar-refractivity contribution in [1.29, 1.82) is 0 Å². The number of fused-ring (bicyclic) bond motifs is 2. The Bertz CT molecular complexity index is 5640. The number of rotatable bonds is 11. The molecule has 0 atom stereocenters. The third-order valence-corrected chi connectivity index (χ3v) is 18.6. The molecular formula is C88H62N2O2. The normalized spacial score (nSPS) is 11.9. The first-order valence-electron chi connectivity index (χ1n) is 31.7. The molecule has 0 aliphatic heterocycles. The summed E-state index contributed by atoms with van der Waals surface area (Å²) in [6.45, 7) is 8.79. The molecule has 0 radical (unpaired) electrons. The molecule has 0 saturated heterocycles. The maximum absolute atomic E-state index is 7.64. The van der Waals surface area contributed by atoms with Gasteiger partial charge in [0.1, 0.15) is 22.3 Å². The minimum atomic E-state index is -0.121. The van der Waals surface area contributed by atoms with Crippen LogP contribution >= 0.6 is 0 Å². The van der Waals surface area contributed by atoms with Crippen molar-refractivity contribution in [3.63, 3.8) is 0 Å². The summed E-state index contributed by atoms with van der Waals surface area (Å²) >= 11 is 0. The third-order valence-electron chi connectivity index (χ3n) is 18.6. The van der Waals surface area contributed by atoms with Gasteiger partial charge in [0.05, 0.1) is 11.4 Å². The Morgan fingerprint density at radius 3 is 1.49 bits per heavy atom. The predicted octanol–water partition coefficient (Wildman–Crippen LogP) is 25.0. The van der Waals surface area contributed by atoms with Crippen LogP contribution in [0.25, 0.3) is 154 Å². The SMILES string of the molecule is Cc1cccc(-c2cccc(-c3ccc(-c4ccc5oc6cc(N(c7ccccc7)c7ccccc7-c7ccccc7)cc7c8cc(-c9ccc(C(C)(C)C)nc9)cc9oc%10c(-c%11ccc(-c%12ccccc%12-c%12ccccc%12)cc%11)ccc(c4c5c67)c%10c98)cc3)c2)c1. The van der Waals surface area contributed by atoms with Crippen molar-refractivity contribution < 1.29 is 8.83 Å². The predicted molar refractivity (Wildman–Crippen MR) is 387 cm³/mol. The Morgan fingerprint density at radius 1 is 0.293 bits per heavy atom. The van der Waals surface area contributed by atoms with E-state index in [1.54, 1.807) is 0 Å². The van der Waals surface area contributed by atoms with Crippen LogP contribution < -0.4 is 4.90 Å². The zero-order valence-electron chi connectivity index (χ0n) is 51.6. The van der Waals surface area contributed by atoms with Crippen molar-refractivity contribution in [2.75, 3.05) is 4.90 Å². The number of benzene rings is 13. The highest BCUT2D eigenvalue weighted by atomic mass is 16.3. The van der Waals surface area contributed by atoms with Crippen molar-refractivity contribution >= 4 is 82.5 Å². The molecule has 92 heavy (non-hydrogen) atoms. The van der Waals surface area contributed by atoms with E-state index in [-0.39, 0.29) is 5.41 Å². The van der Waals surface area contributed by atoms with Crippen LogP contribution in [-0.4, -0.2) is 4.98 Å². The average Bonchev–Trinajstić information content (AvgIpc) is 1.48. The highest BCUT2D eigenvalue weighted by Gasteiger charge is 2.28. The molecule has 0 saturated carbocycles. The topological polar surface area (TPSA) is 42.4 Å². The lowest BCUT2D eigenvalue weighted by Gasteiger charge is -2.28. The molecule has 17 rings (SSSR count). The molecule has 3 aromatic heterocycles. The summed E-state index contributed by atoms with van der Waals surface area (Å²) in [5, 5.41) is 8.47. The molecule has 0 aliphatic rings. The maximum Gasteiger partial charge on any atom is 0.143 e. The fourth-order valence-corrected chi connectivity index (χ4v) is 14.2. The van der Waals surface area contributed by atoms with Gasteiger partial charge in [0.2, 0.25) is 0 Å². The number of hydrogen-bond acceptors (Lipinski definition) is 4. The molecule has 0 N–H and O–H groups in total. The average molecular weight is 1180 g/mol. The van der Waals surface area contributed by atoms with Gasteiger partial charge in [-0.3, -0.25) is 4.98 Å². The lowest BCUT2D eigenvalue weighted by molar-refractivity contribution is 0.569. The van der Waals surface area contributed by atoms with Gasteiger partial charge >= 0.3 is 0 Å². The van der Waals surface area contributed by atoms with Crippen molar-refractivity contribution in [3.05, 3.63) is 315 Å². The summed E-state index contributed by atoms with van der Waals surface area (Å²) in [6, 6.07) is 108. The van der Waals surface area contributed by atoms with E-state index >= 15 is 0 Å². The summed E-state index contributed by atoms with van der Waals surface area (Å²) in [4.78, 5) is 7.51. The highest BCUT2D eigenvalue weighted by Crippen LogP contribution is 2.53. The standard InChI is InChI=1S/C88H62N2O2/c1-55-20-18-25-62(48-55)64-27-19-26-63(49-64)56-34-36-60(37-35-56)72-45-46-78-86-82(72)74-44-43-73(61-40-38-59(39-41-61)70-31-15-14-30-69(70)57-21-8-5-9-22-57)87-85(74)83-75(50-66(51-79(83)92-87)65-42-47-81(89-54-65)88(2,3)4)76-52-68(53-80(91-78)84(76)86)90(67-28-12-7-13-29-67)77-33-17-16-32-71(77)58-23-10-6-11-24-58/h5-54H,1-4H3. The first kappa shape index (κ1) is 54.6. The summed E-state index contributed by atoms with van der Waals surface area (Å²) in [5.41, 5.74) is 26.4. The molecular weight excluding hydrogens is 1120 g/mol. The zero-order valence-corrected chi connectivity index (χ0v) is 51.6. The van der Waals surface area contributed by atoms with Gasteiger partial charge in [0.15, 0.2) is 0 Å². The van der Waals surface area contributed by atoms with Gasteiger partial charge < -0.3 is 13.7 Å². The van der Waals surface area contributed by atoms with E-state index in [0.717, 1.165) is 144 Å². The second-order valence-electron chi connectivity index (χ2n) is 25.4. The molecule has 436 valence electrons. The molecule has 14 aromatic carbocycles. The van der Waals surface area contributed by atoms with E-state index < -0.39 is 0 Å². The number of nitrogens with zero attached hydrogens (tertiary/aromatic N) is 2. The highest BCUT2D eigenvalue weighted by molar-refractivity contribution is 6.39. The minimum Gasteiger partial charge on any atom is -0.456 e. The molecule has 4 nitrogen and oxygen atoms in total. The number of anilines is 3. The van der Waals surface area contributed by atoms with Crippen LogP contribution in [0.3, 0.4) is 0 Å². The number of pyridine rings is 1. The van der Waals surface area contributed by atoms with Crippen LogP contribution in [0.15, 0.2) is 312 Å². The second-order valence-corrected chi connectivity index (χ2v) is 25.4. The van der Waals surface area contributed by atoms with E-state index in [1.807, 2.05) is 6.20 Å². The molecule has 0 fully saturated rings. The number of hydrogen-bond donors (Lipinski definition) is 0. The lowest BCUT2D eigenvalue weighted by Crippen LogP contribution is -2.12. The molecule has 0 aliphatic carbocycles. The van der Waals surface area contributed by atoms with Crippen LogP contribution in [0.5, 0.6) is 0 Å². The van der Waals surface area contributed by atoms with Gasteiger partial charge in [-0.1, -0.05) is 257 Å². The summed E-state index contributed by atoms with van der Waals surface area (Å²) in [5.74, 6) is 0. The van der Waals surface area contributed by atoms with Crippen LogP contribution in [-0.2, 0) is 5.41 Å². The summed E-state index contributed by atoms with van der Waals surface area (Å²) in [7, 11) is 0. The minimum absolute atomic E-state index is 0.121. The molecule has 0 amide bonds. The number of furan rings is 2. The van der Waals surface area contributed by atoms with E-state index in [9.17, 15) is 0 Å². The Morgan fingerprint density at radius 2 is 0.815 bits per heavy atom. The Labute approximate surface area is 534 Å².